The zero-order chi connectivity index (χ0) is 15.4. The van der Waals surface area contributed by atoms with Crippen molar-refractivity contribution in [3.63, 3.8) is 0 Å². The van der Waals surface area contributed by atoms with Gasteiger partial charge in [-0.15, -0.1) is 0 Å². The SMILES string of the molecule is COC(=O)C(N)CCOc1c(F)c(F)c(F)c(F)c1F. The second kappa shape index (κ2) is 6.51. The van der Waals surface area contributed by atoms with E-state index >= 15 is 0 Å². The number of methoxy groups -OCH3 is 1. The topological polar surface area (TPSA) is 61.5 Å². The highest BCUT2D eigenvalue weighted by atomic mass is 19.2. The molecule has 0 aliphatic carbocycles. The maximum Gasteiger partial charge on any atom is 0.322 e. The van der Waals surface area contributed by atoms with Crippen LogP contribution in [0.2, 0.25) is 0 Å². The Kier molecular flexibility index (Phi) is 5.26. The number of carbonyl (C=O) groups excluding carboxylic acids is 1. The van der Waals surface area contributed by atoms with Crippen molar-refractivity contribution in [1.29, 1.82) is 0 Å². The van der Waals surface area contributed by atoms with Crippen LogP contribution in [0.1, 0.15) is 6.42 Å². The first-order chi connectivity index (χ1) is 9.31. The van der Waals surface area contributed by atoms with E-state index in [-0.39, 0.29) is 6.42 Å². The molecular formula is C11H10F5NO3. The van der Waals surface area contributed by atoms with Crippen molar-refractivity contribution in [2.45, 2.75) is 12.5 Å². The van der Waals surface area contributed by atoms with Gasteiger partial charge in [0, 0.05) is 6.42 Å². The van der Waals surface area contributed by atoms with Crippen LogP contribution in [0.5, 0.6) is 5.75 Å². The van der Waals surface area contributed by atoms with Crippen LogP contribution >= 0.6 is 0 Å². The van der Waals surface area contributed by atoms with Crippen LogP contribution in [0.4, 0.5) is 22.0 Å². The molecule has 9 heteroatoms. The van der Waals surface area contributed by atoms with Gasteiger partial charge >= 0.3 is 5.97 Å². The van der Waals surface area contributed by atoms with Gasteiger partial charge in [0.15, 0.2) is 5.75 Å². The summed E-state index contributed by atoms with van der Waals surface area (Å²) in [4.78, 5) is 10.9. The van der Waals surface area contributed by atoms with E-state index in [0.717, 1.165) is 7.11 Å². The number of rotatable bonds is 5. The van der Waals surface area contributed by atoms with Crippen LogP contribution < -0.4 is 10.5 Å². The summed E-state index contributed by atoms with van der Waals surface area (Å²) < 4.78 is 73.5. The smallest absolute Gasteiger partial charge is 0.322 e. The number of benzene rings is 1. The zero-order valence-electron chi connectivity index (χ0n) is 10.2. The lowest BCUT2D eigenvalue weighted by atomic mass is 10.2. The van der Waals surface area contributed by atoms with E-state index in [4.69, 9.17) is 5.73 Å². The summed E-state index contributed by atoms with van der Waals surface area (Å²) in [7, 11) is 1.08. The third-order valence-electron chi connectivity index (χ3n) is 2.35. The largest absolute Gasteiger partial charge is 0.487 e. The molecule has 1 aromatic rings. The van der Waals surface area contributed by atoms with E-state index < -0.39 is 53.5 Å². The third-order valence-corrected chi connectivity index (χ3v) is 2.35. The number of hydrogen-bond donors (Lipinski definition) is 1. The fourth-order valence-corrected chi connectivity index (χ4v) is 1.27. The summed E-state index contributed by atoms with van der Waals surface area (Å²) in [6.07, 6.45) is -0.230. The van der Waals surface area contributed by atoms with Crippen LogP contribution in [-0.2, 0) is 9.53 Å². The predicted octanol–water partition coefficient (Wildman–Crippen LogP) is 1.65. The maximum atomic E-state index is 13.2. The van der Waals surface area contributed by atoms with Crippen molar-refractivity contribution < 1.29 is 36.2 Å². The molecule has 1 atom stereocenters. The van der Waals surface area contributed by atoms with E-state index in [2.05, 4.69) is 9.47 Å². The number of hydrogen-bond acceptors (Lipinski definition) is 4. The average Bonchev–Trinajstić information content (AvgIpc) is 2.45. The lowest BCUT2D eigenvalue weighted by Gasteiger charge is -2.12. The summed E-state index contributed by atoms with van der Waals surface area (Å²) in [6, 6.07) is -1.14. The molecule has 112 valence electrons. The molecule has 0 aromatic heterocycles. The molecule has 0 aliphatic rings. The first-order valence-electron chi connectivity index (χ1n) is 5.28. The van der Waals surface area contributed by atoms with Crippen molar-refractivity contribution in [2.24, 2.45) is 5.73 Å². The van der Waals surface area contributed by atoms with Crippen molar-refractivity contribution in [3.8, 4) is 5.75 Å². The first-order valence-corrected chi connectivity index (χ1v) is 5.28. The van der Waals surface area contributed by atoms with Gasteiger partial charge < -0.3 is 15.2 Å². The summed E-state index contributed by atoms with van der Waals surface area (Å²) in [5, 5.41) is 0. The number of ether oxygens (including phenoxy) is 2. The molecule has 0 radical (unpaired) electrons. The van der Waals surface area contributed by atoms with E-state index in [1.165, 1.54) is 0 Å². The molecule has 0 heterocycles. The molecule has 0 spiro atoms. The molecule has 0 aliphatic heterocycles. The summed E-state index contributed by atoms with van der Waals surface area (Å²) in [5.74, 6) is -12.9. The third kappa shape index (κ3) is 3.16. The van der Waals surface area contributed by atoms with Gasteiger partial charge in [0.05, 0.1) is 13.7 Å². The molecule has 2 N–H and O–H groups in total. The molecule has 0 saturated carbocycles. The van der Waals surface area contributed by atoms with Crippen LogP contribution in [0.15, 0.2) is 0 Å². The van der Waals surface area contributed by atoms with Crippen molar-refractivity contribution in [1.82, 2.24) is 0 Å². The second-order valence-electron chi connectivity index (χ2n) is 3.67. The van der Waals surface area contributed by atoms with E-state index in [0.29, 0.717) is 0 Å². The van der Waals surface area contributed by atoms with Crippen molar-refractivity contribution in [3.05, 3.63) is 29.1 Å². The lowest BCUT2D eigenvalue weighted by Crippen LogP contribution is -2.33. The summed E-state index contributed by atoms with van der Waals surface area (Å²) in [5.41, 5.74) is 5.30. The maximum absolute atomic E-state index is 13.2. The fraction of sp³-hybridized carbons (Fsp3) is 0.364. The van der Waals surface area contributed by atoms with Crippen LogP contribution in [0.25, 0.3) is 0 Å². The van der Waals surface area contributed by atoms with E-state index in [1.54, 1.807) is 0 Å². The Morgan fingerprint density at radius 1 is 1.05 bits per heavy atom. The molecule has 0 saturated heterocycles. The Balaban J connectivity index is 2.82. The van der Waals surface area contributed by atoms with Gasteiger partial charge in [-0.2, -0.15) is 8.78 Å². The monoisotopic (exact) mass is 299 g/mol. The quantitative estimate of drug-likeness (QED) is 0.389. The highest BCUT2D eigenvalue weighted by Gasteiger charge is 2.27. The molecule has 4 nitrogen and oxygen atoms in total. The molecular weight excluding hydrogens is 289 g/mol. The van der Waals surface area contributed by atoms with E-state index in [9.17, 15) is 26.7 Å². The van der Waals surface area contributed by atoms with Crippen LogP contribution in [-0.4, -0.2) is 25.7 Å². The molecule has 20 heavy (non-hydrogen) atoms. The Bertz CT molecular complexity index is 494. The van der Waals surface area contributed by atoms with Gasteiger partial charge in [-0.3, -0.25) is 4.79 Å². The van der Waals surface area contributed by atoms with Gasteiger partial charge in [0.2, 0.25) is 29.1 Å². The number of nitrogens with two attached hydrogens (primary N) is 1. The second-order valence-corrected chi connectivity index (χ2v) is 3.67. The van der Waals surface area contributed by atoms with Crippen molar-refractivity contribution >= 4 is 5.97 Å². The summed E-state index contributed by atoms with van der Waals surface area (Å²) >= 11 is 0. The Morgan fingerprint density at radius 2 is 1.50 bits per heavy atom. The highest BCUT2D eigenvalue weighted by molar-refractivity contribution is 5.75. The standard InChI is InChI=1S/C11H10F5NO3/c1-19-11(18)4(17)2-3-20-10-8(15)6(13)5(12)7(14)9(10)16/h4H,2-3,17H2,1H3. The minimum absolute atomic E-state index is 0.230. The highest BCUT2D eigenvalue weighted by Crippen LogP contribution is 2.29. The molecule has 0 amide bonds. The Hall–Kier alpha value is -1.90. The fourth-order valence-electron chi connectivity index (χ4n) is 1.27. The van der Waals surface area contributed by atoms with Crippen LogP contribution in [0, 0.1) is 29.1 Å². The summed E-state index contributed by atoms with van der Waals surface area (Å²) in [6.45, 7) is -0.533. The first kappa shape index (κ1) is 16.2. The number of halogens is 5. The Morgan fingerprint density at radius 3 is 1.95 bits per heavy atom. The Labute approximate surface area is 110 Å². The zero-order valence-corrected chi connectivity index (χ0v) is 10.2. The van der Waals surface area contributed by atoms with Gasteiger partial charge in [0.25, 0.3) is 0 Å². The number of carbonyl (C=O) groups is 1. The van der Waals surface area contributed by atoms with Crippen LogP contribution in [0.3, 0.4) is 0 Å². The minimum atomic E-state index is -2.28. The molecule has 0 bridgehead atoms. The normalized spacial score (nSPS) is 12.2. The van der Waals surface area contributed by atoms with Gasteiger partial charge in [-0.05, 0) is 0 Å². The van der Waals surface area contributed by atoms with Gasteiger partial charge in [-0.25, -0.2) is 13.2 Å². The molecule has 0 fully saturated rings. The number of esters is 1. The van der Waals surface area contributed by atoms with E-state index in [1.807, 2.05) is 0 Å². The molecule has 1 aromatic carbocycles. The molecule has 1 rings (SSSR count). The molecule has 1 unspecified atom stereocenters. The van der Waals surface area contributed by atoms with Crippen molar-refractivity contribution in [2.75, 3.05) is 13.7 Å². The minimum Gasteiger partial charge on any atom is -0.487 e. The average molecular weight is 299 g/mol. The van der Waals surface area contributed by atoms with Gasteiger partial charge in [0.1, 0.15) is 6.04 Å². The van der Waals surface area contributed by atoms with Gasteiger partial charge in [-0.1, -0.05) is 0 Å². The predicted molar refractivity (Wildman–Crippen MR) is 56.3 cm³/mol. The lowest BCUT2D eigenvalue weighted by molar-refractivity contribution is -0.142.